The smallest absolute Gasteiger partial charge is 0.407 e. The molecule has 3 heterocycles. The van der Waals surface area contributed by atoms with E-state index in [-0.39, 0.29) is 37.0 Å². The molecule has 1 aromatic rings. The van der Waals surface area contributed by atoms with E-state index in [1.54, 1.807) is 23.1 Å². The number of carbonyl (C=O) groups excluding carboxylic acids is 3. The van der Waals surface area contributed by atoms with E-state index < -0.39 is 12.1 Å². The number of nitrogens with zero attached hydrogens (tertiary/aromatic N) is 3. The molecule has 33 heavy (non-hydrogen) atoms. The lowest BCUT2D eigenvalue weighted by Gasteiger charge is -2.36. The summed E-state index contributed by atoms with van der Waals surface area (Å²) in [6, 6.07) is 4.27. The van der Waals surface area contributed by atoms with Crippen molar-refractivity contribution in [2.45, 2.75) is 44.3 Å². The first-order valence-electron chi connectivity index (χ1n) is 11.2. The molecule has 10 nitrogen and oxygen atoms in total. The number of rotatable bonds is 4. The van der Waals surface area contributed by atoms with Gasteiger partial charge in [-0.1, -0.05) is 11.6 Å². The molecule has 3 saturated heterocycles. The first-order valence-corrected chi connectivity index (χ1v) is 11.5. The predicted octanol–water partition coefficient (Wildman–Crippen LogP) is 2.55. The highest BCUT2D eigenvalue weighted by molar-refractivity contribution is 6.34. The molecule has 0 aliphatic carbocycles. The van der Waals surface area contributed by atoms with Gasteiger partial charge in [-0.05, 0) is 43.9 Å². The standard InChI is InChI=1S/C22H27ClN4O6/c23-17-2-1-14(13-18(17)27-12-7-19(28)24-21(27)30)20(29)25-8-3-15(4-9-25)33-16-5-10-26(11-6-16)22(31)32/h1-2,13,15-16H,3-12H2,(H,31,32)(H,24,28,30). The molecule has 178 valence electrons. The largest absolute Gasteiger partial charge is 0.465 e. The maximum atomic E-state index is 13.1. The lowest BCUT2D eigenvalue weighted by atomic mass is 10.0. The van der Waals surface area contributed by atoms with Crippen molar-refractivity contribution in [3.63, 3.8) is 0 Å². The van der Waals surface area contributed by atoms with Gasteiger partial charge in [-0.15, -0.1) is 0 Å². The maximum absolute atomic E-state index is 13.1. The number of piperidine rings is 2. The number of benzene rings is 1. The van der Waals surface area contributed by atoms with E-state index >= 15 is 0 Å². The van der Waals surface area contributed by atoms with Gasteiger partial charge in [0.2, 0.25) is 5.91 Å². The van der Waals surface area contributed by atoms with Crippen molar-refractivity contribution in [1.82, 2.24) is 15.1 Å². The van der Waals surface area contributed by atoms with Crippen molar-refractivity contribution < 1.29 is 29.0 Å². The van der Waals surface area contributed by atoms with Crippen molar-refractivity contribution in [2.75, 3.05) is 37.6 Å². The van der Waals surface area contributed by atoms with Crippen molar-refractivity contribution in [2.24, 2.45) is 0 Å². The van der Waals surface area contributed by atoms with Crippen LogP contribution in [0.4, 0.5) is 15.3 Å². The van der Waals surface area contributed by atoms with Crippen molar-refractivity contribution in [1.29, 1.82) is 0 Å². The Hall–Kier alpha value is -2.85. The third-order valence-corrected chi connectivity index (χ3v) is 6.68. The topological polar surface area (TPSA) is 119 Å². The van der Waals surface area contributed by atoms with E-state index in [9.17, 15) is 19.2 Å². The Labute approximate surface area is 196 Å². The van der Waals surface area contributed by atoms with Gasteiger partial charge in [-0.3, -0.25) is 19.8 Å². The SMILES string of the molecule is O=C1CCN(c2cc(C(=O)N3CCC(OC4CCN(C(=O)O)CC4)CC3)ccc2Cl)C(=O)N1. The number of ether oxygens (including phenoxy) is 1. The van der Waals surface area contributed by atoms with Crippen molar-refractivity contribution in [3.05, 3.63) is 28.8 Å². The average Bonchev–Trinajstić information content (AvgIpc) is 2.80. The van der Waals surface area contributed by atoms with E-state index in [4.69, 9.17) is 21.4 Å². The van der Waals surface area contributed by atoms with Gasteiger partial charge in [0, 0.05) is 44.7 Å². The second-order valence-corrected chi connectivity index (χ2v) is 8.92. The van der Waals surface area contributed by atoms with E-state index in [1.165, 1.54) is 9.80 Å². The Balaban J connectivity index is 1.32. The van der Waals surface area contributed by atoms with Gasteiger partial charge in [0.05, 0.1) is 22.9 Å². The van der Waals surface area contributed by atoms with Crippen LogP contribution in [0.2, 0.25) is 5.02 Å². The van der Waals surface area contributed by atoms with Crippen LogP contribution in [-0.2, 0) is 9.53 Å². The number of nitrogens with one attached hydrogen (secondary N) is 1. The van der Waals surface area contributed by atoms with Crippen LogP contribution >= 0.6 is 11.6 Å². The summed E-state index contributed by atoms with van der Waals surface area (Å²) in [6.07, 6.45) is 2.18. The van der Waals surface area contributed by atoms with Crippen LogP contribution in [0, 0.1) is 0 Å². The zero-order valence-corrected chi connectivity index (χ0v) is 18.9. The molecule has 1 aromatic carbocycles. The molecule has 5 amide bonds. The first kappa shape index (κ1) is 23.3. The number of imide groups is 1. The normalized spacial score (nSPS) is 20.7. The molecule has 0 bridgehead atoms. The number of urea groups is 1. The number of carbonyl (C=O) groups is 4. The van der Waals surface area contributed by atoms with Gasteiger partial charge >= 0.3 is 12.1 Å². The summed E-state index contributed by atoms with van der Waals surface area (Å²) in [7, 11) is 0. The molecule has 3 aliphatic heterocycles. The van der Waals surface area contributed by atoms with Crippen LogP contribution in [-0.4, -0.2) is 83.8 Å². The molecule has 4 rings (SSSR count). The predicted molar refractivity (Wildman–Crippen MR) is 120 cm³/mol. The monoisotopic (exact) mass is 478 g/mol. The second-order valence-electron chi connectivity index (χ2n) is 8.52. The second kappa shape index (κ2) is 9.96. The number of hydrogen-bond acceptors (Lipinski definition) is 5. The fraction of sp³-hybridized carbons (Fsp3) is 0.545. The highest BCUT2D eigenvalue weighted by Gasteiger charge is 2.30. The molecule has 3 aliphatic rings. The first-order chi connectivity index (χ1) is 15.8. The van der Waals surface area contributed by atoms with Gasteiger partial charge < -0.3 is 19.6 Å². The Bertz CT molecular complexity index is 941. The molecule has 0 radical (unpaired) electrons. The number of likely N-dealkylation sites (tertiary alicyclic amines) is 2. The summed E-state index contributed by atoms with van der Waals surface area (Å²) in [5.41, 5.74) is 0.831. The molecule has 0 aromatic heterocycles. The number of amides is 5. The van der Waals surface area contributed by atoms with Crippen LogP contribution in [0.1, 0.15) is 42.5 Å². The number of anilines is 1. The van der Waals surface area contributed by atoms with Gasteiger partial charge in [-0.25, -0.2) is 9.59 Å². The van der Waals surface area contributed by atoms with E-state index in [0.717, 1.165) is 0 Å². The number of halogens is 1. The van der Waals surface area contributed by atoms with Crippen LogP contribution in [0.5, 0.6) is 0 Å². The summed E-state index contributed by atoms with van der Waals surface area (Å²) in [6.45, 7) is 2.28. The molecule has 0 atom stereocenters. The lowest BCUT2D eigenvalue weighted by Crippen LogP contribution is -2.49. The molecule has 3 fully saturated rings. The molecule has 0 unspecified atom stereocenters. The molecule has 0 spiro atoms. The Morgan fingerprint density at radius 1 is 0.970 bits per heavy atom. The molecule has 0 saturated carbocycles. The molecule has 11 heteroatoms. The Morgan fingerprint density at radius 2 is 1.58 bits per heavy atom. The zero-order chi connectivity index (χ0) is 23.5. The minimum atomic E-state index is -0.889. The van der Waals surface area contributed by atoms with Crippen molar-refractivity contribution in [3.8, 4) is 0 Å². The molecular weight excluding hydrogens is 452 g/mol. The fourth-order valence-corrected chi connectivity index (χ4v) is 4.70. The summed E-state index contributed by atoms with van der Waals surface area (Å²) in [5, 5.41) is 11.6. The van der Waals surface area contributed by atoms with Crippen LogP contribution in [0.3, 0.4) is 0 Å². The lowest BCUT2D eigenvalue weighted by molar-refractivity contribution is -0.120. The minimum absolute atomic E-state index is 0.0470. The zero-order valence-electron chi connectivity index (χ0n) is 18.2. The van der Waals surface area contributed by atoms with E-state index in [0.29, 0.717) is 68.1 Å². The van der Waals surface area contributed by atoms with Crippen molar-refractivity contribution >= 4 is 41.2 Å². The van der Waals surface area contributed by atoms with Gasteiger partial charge in [-0.2, -0.15) is 0 Å². The van der Waals surface area contributed by atoms with Gasteiger partial charge in [0.25, 0.3) is 5.91 Å². The highest BCUT2D eigenvalue weighted by Crippen LogP contribution is 2.29. The minimum Gasteiger partial charge on any atom is -0.465 e. The van der Waals surface area contributed by atoms with E-state index in [1.807, 2.05) is 0 Å². The average molecular weight is 479 g/mol. The van der Waals surface area contributed by atoms with Gasteiger partial charge in [0.1, 0.15) is 0 Å². The molecule has 2 N–H and O–H groups in total. The third kappa shape index (κ3) is 5.39. The van der Waals surface area contributed by atoms with Crippen LogP contribution in [0.15, 0.2) is 18.2 Å². The maximum Gasteiger partial charge on any atom is 0.407 e. The Morgan fingerprint density at radius 3 is 2.15 bits per heavy atom. The van der Waals surface area contributed by atoms with E-state index in [2.05, 4.69) is 5.32 Å². The quantitative estimate of drug-likeness (QED) is 0.686. The number of carboxylic acid groups (broad SMARTS) is 1. The summed E-state index contributed by atoms with van der Waals surface area (Å²) >= 11 is 6.28. The summed E-state index contributed by atoms with van der Waals surface area (Å²) in [5.74, 6) is -0.480. The van der Waals surface area contributed by atoms with Crippen LogP contribution in [0.25, 0.3) is 0 Å². The molecular formula is C22H27ClN4O6. The third-order valence-electron chi connectivity index (χ3n) is 6.36. The fourth-order valence-electron chi connectivity index (χ4n) is 4.48. The highest BCUT2D eigenvalue weighted by atomic mass is 35.5. The number of hydrogen-bond donors (Lipinski definition) is 2. The van der Waals surface area contributed by atoms with Crippen LogP contribution < -0.4 is 10.2 Å². The summed E-state index contributed by atoms with van der Waals surface area (Å²) in [4.78, 5) is 52.3. The Kier molecular flexibility index (Phi) is 7.04. The van der Waals surface area contributed by atoms with Gasteiger partial charge in [0.15, 0.2) is 0 Å². The summed E-state index contributed by atoms with van der Waals surface area (Å²) < 4.78 is 6.18.